The average Bonchev–Trinajstić information content (AvgIpc) is 3.01. The molecule has 44 heavy (non-hydrogen) atoms. The Labute approximate surface area is 269 Å². The summed E-state index contributed by atoms with van der Waals surface area (Å²) in [5, 5.41) is 3.40. The topological polar surface area (TPSA) is 86.8 Å². The van der Waals surface area contributed by atoms with Crippen molar-refractivity contribution in [1.29, 1.82) is 0 Å². The maximum Gasteiger partial charge on any atom is 0.264 e. The standard InChI is InChI=1S/C34H35Cl2N3O4S/c1-25(2)22-37-34(41)32(18-26-12-6-3-7-13-26)38(23-27-14-8-4-9-15-27)33(40)24-39(30-20-28(35)19-29(36)21-30)44(42,43)31-16-10-5-11-17-31/h3-17,19-21,25,32H,18,22-24H2,1-2H3,(H,37,41). The van der Waals surface area contributed by atoms with Gasteiger partial charge in [-0.3, -0.25) is 13.9 Å². The number of halogens is 2. The Hall–Kier alpha value is -3.85. The second-order valence-corrected chi connectivity index (χ2v) is 13.5. The van der Waals surface area contributed by atoms with Crippen LogP contribution in [0.2, 0.25) is 10.0 Å². The average molecular weight is 653 g/mol. The molecule has 7 nitrogen and oxygen atoms in total. The van der Waals surface area contributed by atoms with Crippen molar-refractivity contribution in [2.75, 3.05) is 17.4 Å². The van der Waals surface area contributed by atoms with E-state index >= 15 is 0 Å². The molecule has 0 aliphatic carbocycles. The van der Waals surface area contributed by atoms with Gasteiger partial charge in [0.25, 0.3) is 10.0 Å². The molecular weight excluding hydrogens is 617 g/mol. The quantitative estimate of drug-likeness (QED) is 0.176. The number of carbonyl (C=O) groups excluding carboxylic acids is 2. The predicted molar refractivity (Wildman–Crippen MR) is 176 cm³/mol. The molecule has 0 saturated heterocycles. The van der Waals surface area contributed by atoms with E-state index in [0.29, 0.717) is 6.54 Å². The summed E-state index contributed by atoms with van der Waals surface area (Å²) in [6.07, 6.45) is 0.234. The zero-order chi connectivity index (χ0) is 31.7. The van der Waals surface area contributed by atoms with Gasteiger partial charge in [-0.25, -0.2) is 8.42 Å². The lowest BCUT2D eigenvalue weighted by atomic mass is 10.0. The maximum atomic E-state index is 14.4. The Morgan fingerprint density at radius 3 is 1.84 bits per heavy atom. The Kier molecular flexibility index (Phi) is 11.4. The first kappa shape index (κ1) is 33.1. The number of rotatable bonds is 13. The number of nitrogens with one attached hydrogen (secondary N) is 1. The molecule has 10 heteroatoms. The van der Waals surface area contributed by atoms with Gasteiger partial charge in [0.1, 0.15) is 12.6 Å². The zero-order valence-corrected chi connectivity index (χ0v) is 26.9. The molecule has 1 N–H and O–H groups in total. The van der Waals surface area contributed by atoms with Crippen LogP contribution in [0.15, 0.2) is 114 Å². The highest BCUT2D eigenvalue weighted by Gasteiger charge is 2.34. The van der Waals surface area contributed by atoms with Crippen molar-refractivity contribution < 1.29 is 18.0 Å². The van der Waals surface area contributed by atoms with Gasteiger partial charge in [-0.05, 0) is 47.4 Å². The van der Waals surface area contributed by atoms with Crippen LogP contribution >= 0.6 is 23.2 Å². The lowest BCUT2D eigenvalue weighted by Crippen LogP contribution is -2.53. The minimum Gasteiger partial charge on any atom is -0.354 e. The fourth-order valence-electron chi connectivity index (χ4n) is 4.69. The highest BCUT2D eigenvalue weighted by atomic mass is 35.5. The molecule has 0 radical (unpaired) electrons. The molecule has 0 aromatic heterocycles. The van der Waals surface area contributed by atoms with E-state index in [1.165, 1.54) is 35.2 Å². The van der Waals surface area contributed by atoms with Gasteiger partial charge in [0.2, 0.25) is 11.8 Å². The van der Waals surface area contributed by atoms with Crippen LogP contribution in [0.25, 0.3) is 0 Å². The van der Waals surface area contributed by atoms with Crippen LogP contribution in [-0.4, -0.2) is 44.3 Å². The molecule has 230 valence electrons. The van der Waals surface area contributed by atoms with E-state index < -0.39 is 28.5 Å². The number of nitrogens with zero attached hydrogens (tertiary/aromatic N) is 2. The Balaban J connectivity index is 1.80. The molecule has 0 fully saturated rings. The van der Waals surface area contributed by atoms with Crippen molar-refractivity contribution >= 4 is 50.7 Å². The van der Waals surface area contributed by atoms with Gasteiger partial charge in [-0.2, -0.15) is 0 Å². The first-order valence-electron chi connectivity index (χ1n) is 14.2. The molecule has 0 bridgehead atoms. The summed E-state index contributed by atoms with van der Waals surface area (Å²) in [4.78, 5) is 29.7. The van der Waals surface area contributed by atoms with E-state index in [4.69, 9.17) is 23.2 Å². The van der Waals surface area contributed by atoms with Gasteiger partial charge < -0.3 is 10.2 Å². The minimum atomic E-state index is -4.25. The van der Waals surface area contributed by atoms with E-state index in [1.54, 1.807) is 18.2 Å². The molecule has 4 aromatic carbocycles. The molecule has 0 saturated carbocycles. The Morgan fingerprint density at radius 2 is 1.30 bits per heavy atom. The third-order valence-electron chi connectivity index (χ3n) is 6.90. The van der Waals surface area contributed by atoms with Crippen LogP contribution in [-0.2, 0) is 32.6 Å². The van der Waals surface area contributed by atoms with Crippen molar-refractivity contribution in [3.8, 4) is 0 Å². The second kappa shape index (κ2) is 15.2. The molecule has 1 unspecified atom stereocenters. The third-order valence-corrected chi connectivity index (χ3v) is 9.12. The number of amides is 2. The van der Waals surface area contributed by atoms with E-state index in [9.17, 15) is 18.0 Å². The molecule has 0 heterocycles. The highest BCUT2D eigenvalue weighted by molar-refractivity contribution is 7.92. The normalized spacial score (nSPS) is 12.0. The smallest absolute Gasteiger partial charge is 0.264 e. The van der Waals surface area contributed by atoms with Gasteiger partial charge in [-0.15, -0.1) is 0 Å². The van der Waals surface area contributed by atoms with Crippen molar-refractivity contribution in [3.63, 3.8) is 0 Å². The van der Waals surface area contributed by atoms with Crippen LogP contribution in [0.5, 0.6) is 0 Å². The number of anilines is 1. The predicted octanol–water partition coefficient (Wildman–Crippen LogP) is 6.60. The molecule has 2 amide bonds. The van der Waals surface area contributed by atoms with Crippen LogP contribution < -0.4 is 9.62 Å². The summed E-state index contributed by atoms with van der Waals surface area (Å²) in [5.74, 6) is -0.700. The highest BCUT2D eigenvalue weighted by Crippen LogP contribution is 2.30. The third kappa shape index (κ3) is 8.85. The lowest BCUT2D eigenvalue weighted by molar-refractivity contribution is -0.140. The summed E-state index contributed by atoms with van der Waals surface area (Å²) in [7, 11) is -4.25. The van der Waals surface area contributed by atoms with Crippen LogP contribution in [0.4, 0.5) is 5.69 Å². The first-order valence-corrected chi connectivity index (χ1v) is 16.4. The van der Waals surface area contributed by atoms with Gasteiger partial charge in [0.15, 0.2) is 0 Å². The molecule has 4 rings (SSSR count). The largest absolute Gasteiger partial charge is 0.354 e. The summed E-state index contributed by atoms with van der Waals surface area (Å²) in [6, 6.07) is 30.0. The summed E-state index contributed by atoms with van der Waals surface area (Å²) in [6.45, 7) is 3.89. The molecule has 0 aliphatic rings. The van der Waals surface area contributed by atoms with Crippen LogP contribution in [0, 0.1) is 5.92 Å². The van der Waals surface area contributed by atoms with Gasteiger partial charge in [0, 0.05) is 29.6 Å². The molecule has 0 spiro atoms. The number of sulfonamides is 1. The minimum absolute atomic E-state index is 0.00554. The van der Waals surface area contributed by atoms with E-state index in [0.717, 1.165) is 15.4 Å². The van der Waals surface area contributed by atoms with Crippen LogP contribution in [0.1, 0.15) is 25.0 Å². The van der Waals surface area contributed by atoms with Crippen molar-refractivity contribution in [1.82, 2.24) is 10.2 Å². The summed E-state index contributed by atoms with van der Waals surface area (Å²) in [5.41, 5.74) is 1.78. The maximum absolute atomic E-state index is 14.4. The summed E-state index contributed by atoms with van der Waals surface area (Å²) < 4.78 is 29.1. The number of benzene rings is 4. The number of carbonyl (C=O) groups is 2. The lowest BCUT2D eigenvalue weighted by Gasteiger charge is -2.34. The van der Waals surface area contributed by atoms with E-state index in [2.05, 4.69) is 5.32 Å². The summed E-state index contributed by atoms with van der Waals surface area (Å²) >= 11 is 12.6. The zero-order valence-electron chi connectivity index (χ0n) is 24.6. The second-order valence-electron chi connectivity index (χ2n) is 10.8. The molecule has 4 aromatic rings. The van der Waals surface area contributed by atoms with Gasteiger partial charge in [0.05, 0.1) is 10.6 Å². The monoisotopic (exact) mass is 651 g/mol. The van der Waals surface area contributed by atoms with Crippen molar-refractivity contribution in [2.24, 2.45) is 5.92 Å². The number of hydrogen-bond donors (Lipinski definition) is 1. The van der Waals surface area contributed by atoms with E-state index in [-0.39, 0.29) is 45.4 Å². The molecule has 0 aliphatic heterocycles. The fourth-order valence-corrected chi connectivity index (χ4v) is 6.62. The fraction of sp³-hybridized carbons (Fsp3) is 0.235. The first-order chi connectivity index (χ1) is 21.0. The van der Waals surface area contributed by atoms with Crippen molar-refractivity contribution in [2.45, 2.75) is 37.8 Å². The van der Waals surface area contributed by atoms with E-state index in [1.807, 2.05) is 74.5 Å². The van der Waals surface area contributed by atoms with Gasteiger partial charge >= 0.3 is 0 Å². The molecule has 1 atom stereocenters. The molecular formula is C34H35Cl2N3O4S. The SMILES string of the molecule is CC(C)CNC(=O)C(Cc1ccccc1)N(Cc1ccccc1)C(=O)CN(c1cc(Cl)cc(Cl)c1)S(=O)(=O)c1ccccc1. The Morgan fingerprint density at radius 1 is 0.773 bits per heavy atom. The Bertz CT molecular complexity index is 1630. The van der Waals surface area contributed by atoms with Gasteiger partial charge in [-0.1, -0.05) is 116 Å². The number of hydrogen-bond acceptors (Lipinski definition) is 4. The van der Waals surface area contributed by atoms with Crippen molar-refractivity contribution in [3.05, 3.63) is 130 Å². The van der Waals surface area contributed by atoms with Crippen LogP contribution in [0.3, 0.4) is 0 Å².